The van der Waals surface area contributed by atoms with E-state index < -0.39 is 25.9 Å². The minimum Gasteiger partial charge on any atom is -0.343 e. The molecule has 1 N–H and O–H groups in total. The summed E-state index contributed by atoms with van der Waals surface area (Å²) in [6, 6.07) is 11.7. The maximum Gasteiger partial charge on any atom is 0.320 e. The van der Waals surface area contributed by atoms with Crippen LogP contribution in [-0.4, -0.2) is 137 Å². The summed E-state index contributed by atoms with van der Waals surface area (Å²) in [6.07, 6.45) is 3.11. The van der Waals surface area contributed by atoms with E-state index in [1.54, 1.807) is 26.8 Å². The number of amides is 3. The number of piperazine rings is 2. The van der Waals surface area contributed by atoms with Gasteiger partial charge in [0.05, 0.1) is 28.1 Å². The van der Waals surface area contributed by atoms with Gasteiger partial charge in [0.2, 0.25) is 26.5 Å². The van der Waals surface area contributed by atoms with E-state index in [4.69, 9.17) is 28.5 Å². The Morgan fingerprint density at radius 3 is 2.04 bits per heavy atom. The largest absolute Gasteiger partial charge is 0.343 e. The van der Waals surface area contributed by atoms with E-state index in [9.17, 15) is 30.8 Å². The summed E-state index contributed by atoms with van der Waals surface area (Å²) < 4.78 is 62.4. The average molecular weight is 761 g/mol. The van der Waals surface area contributed by atoms with Crippen molar-refractivity contribution in [3.63, 3.8) is 0 Å². The molecule has 18 heteroatoms. The number of hydrogen-bond donors (Lipinski definition) is 1. The third-order valence-electron chi connectivity index (χ3n) is 8.84. The van der Waals surface area contributed by atoms with Crippen LogP contribution in [0, 0.1) is 23.1 Å². The van der Waals surface area contributed by atoms with E-state index in [0.29, 0.717) is 75.5 Å². The predicted octanol–water partition coefficient (Wildman–Crippen LogP) is 2.23. The van der Waals surface area contributed by atoms with Gasteiger partial charge in [0, 0.05) is 84.5 Å². The molecule has 3 heterocycles. The zero-order valence-electron chi connectivity index (χ0n) is 27.3. The first kappa shape index (κ1) is 38.8. The Morgan fingerprint density at radius 1 is 0.898 bits per heavy atom. The van der Waals surface area contributed by atoms with Crippen molar-refractivity contribution in [1.82, 2.24) is 28.6 Å². The van der Waals surface area contributed by atoms with Crippen molar-refractivity contribution in [2.24, 2.45) is 5.92 Å². The number of sulfonamides is 2. The molecule has 0 spiro atoms. The molecule has 3 amide bonds. The first-order valence-electron chi connectivity index (χ1n) is 15.6. The highest BCUT2D eigenvalue weighted by Crippen LogP contribution is 2.36. The van der Waals surface area contributed by atoms with Crippen LogP contribution in [0.2, 0.25) is 10.0 Å². The Morgan fingerprint density at radius 2 is 1.51 bits per heavy atom. The fourth-order valence-electron chi connectivity index (χ4n) is 6.07. The number of hydrogen-bond acceptors (Lipinski definition) is 8. The highest BCUT2D eigenvalue weighted by Gasteiger charge is 2.38. The molecular weight excluding hydrogens is 720 g/mol. The van der Waals surface area contributed by atoms with Crippen LogP contribution in [0.3, 0.4) is 0 Å². The second-order valence-electron chi connectivity index (χ2n) is 12.2. The molecule has 3 fully saturated rings. The Bertz CT molecular complexity index is 1760. The van der Waals surface area contributed by atoms with Gasteiger partial charge in [-0.3, -0.25) is 4.79 Å². The number of urea groups is 1. The zero-order valence-corrected chi connectivity index (χ0v) is 30.4. The highest BCUT2D eigenvalue weighted by molar-refractivity contribution is 7.88. The maximum absolute atomic E-state index is 14.0. The number of halogens is 3. The van der Waals surface area contributed by atoms with Crippen molar-refractivity contribution in [2.45, 2.75) is 12.5 Å². The van der Waals surface area contributed by atoms with Crippen LogP contribution in [0.4, 0.5) is 9.18 Å². The Hall–Kier alpha value is -3.04. The van der Waals surface area contributed by atoms with Gasteiger partial charge in [-0.15, -0.1) is 0 Å². The molecule has 3 saturated heterocycles. The lowest BCUT2D eigenvalue weighted by Crippen LogP contribution is -2.53. The van der Waals surface area contributed by atoms with Gasteiger partial charge in [0.15, 0.2) is 0 Å². The van der Waals surface area contributed by atoms with Gasteiger partial charge in [-0.1, -0.05) is 35.3 Å². The van der Waals surface area contributed by atoms with Crippen LogP contribution < -0.4 is 5.32 Å². The maximum atomic E-state index is 14.0. The quantitative estimate of drug-likeness (QED) is 0.402. The van der Waals surface area contributed by atoms with Crippen LogP contribution in [-0.2, 0) is 31.4 Å². The Labute approximate surface area is 297 Å². The molecule has 2 atom stereocenters. The molecule has 3 aliphatic rings. The molecule has 2 aromatic carbocycles. The molecule has 0 aromatic heterocycles. The van der Waals surface area contributed by atoms with Crippen LogP contribution >= 0.6 is 23.2 Å². The van der Waals surface area contributed by atoms with E-state index in [2.05, 4.69) is 5.32 Å². The summed E-state index contributed by atoms with van der Waals surface area (Å²) in [7, 11) is -6.35. The first-order valence-corrected chi connectivity index (χ1v) is 20.0. The lowest BCUT2D eigenvalue weighted by atomic mass is 9.89. The molecule has 49 heavy (non-hydrogen) atoms. The topological polar surface area (TPSA) is 154 Å². The first-order chi connectivity index (χ1) is 23.1. The van der Waals surface area contributed by atoms with Gasteiger partial charge < -0.3 is 20.0 Å². The standard InChI is InChI=1S/C25H28Cl2FN5O3S.C6H12N2O3S/c1-37(35,36)33-8-6-31(7-9-33)25(34)32-15-20(21(16-32)18-4-5-22(26)23(27)11-18)14-30-13-17-2-3-19(12-29)24(28)10-17;1-12(10,11)8-4-2-7(6-9)3-5-8/h2-5,10-11,20-21,30H,6-9,13-16H2,1H3;6H,2-5H2,1H3. The van der Waals surface area contributed by atoms with E-state index in [1.807, 2.05) is 18.2 Å². The molecule has 0 saturated carbocycles. The van der Waals surface area contributed by atoms with Crippen molar-refractivity contribution in [3.8, 4) is 6.07 Å². The van der Waals surface area contributed by atoms with Crippen LogP contribution in [0.1, 0.15) is 22.6 Å². The van der Waals surface area contributed by atoms with Gasteiger partial charge in [-0.25, -0.2) is 26.0 Å². The average Bonchev–Trinajstić information content (AvgIpc) is 3.49. The summed E-state index contributed by atoms with van der Waals surface area (Å²) in [6.45, 7) is 5.03. The number of likely N-dealkylation sites (tertiary alicyclic amines) is 1. The van der Waals surface area contributed by atoms with Gasteiger partial charge in [-0.05, 0) is 41.3 Å². The van der Waals surface area contributed by atoms with E-state index >= 15 is 0 Å². The molecule has 0 aliphatic carbocycles. The van der Waals surface area contributed by atoms with Crippen molar-refractivity contribution < 1.29 is 30.8 Å². The number of carbonyl (C=O) groups excluding carboxylic acids is 2. The van der Waals surface area contributed by atoms with Crippen LogP contribution in [0.5, 0.6) is 0 Å². The highest BCUT2D eigenvalue weighted by atomic mass is 35.5. The Balaban J connectivity index is 0.000000380. The van der Waals surface area contributed by atoms with Crippen molar-refractivity contribution in [3.05, 3.63) is 69.0 Å². The monoisotopic (exact) mass is 759 g/mol. The summed E-state index contributed by atoms with van der Waals surface area (Å²) in [5.74, 6) is -0.493. The fraction of sp³-hybridized carbons (Fsp3) is 0.516. The van der Waals surface area contributed by atoms with Crippen molar-refractivity contribution in [1.29, 1.82) is 5.26 Å². The SMILES string of the molecule is CS(=O)(=O)N1CCN(C(=O)N2CC(CNCc3ccc(C#N)c(F)c3)C(c3ccc(Cl)c(Cl)c3)C2)CC1.CS(=O)(=O)N1CCN(C=O)CC1. The van der Waals surface area contributed by atoms with E-state index in [-0.39, 0.29) is 36.5 Å². The number of nitrogens with zero attached hydrogens (tertiary/aromatic N) is 6. The van der Waals surface area contributed by atoms with Crippen molar-refractivity contribution in [2.75, 3.05) is 84.5 Å². The molecular formula is C31H40Cl2FN7O6S2. The summed E-state index contributed by atoms with van der Waals surface area (Å²) >= 11 is 12.4. The number of nitrogens with one attached hydrogen (secondary N) is 1. The minimum atomic E-state index is -3.28. The minimum absolute atomic E-state index is 0.00114. The lowest BCUT2D eigenvalue weighted by Gasteiger charge is -2.35. The fourth-order valence-corrected chi connectivity index (χ4v) is 8.03. The molecule has 0 radical (unpaired) electrons. The molecule has 13 nitrogen and oxygen atoms in total. The molecule has 5 rings (SSSR count). The number of rotatable bonds is 8. The summed E-state index contributed by atoms with van der Waals surface area (Å²) in [5.41, 5.74) is 1.70. The molecule has 0 bridgehead atoms. The zero-order chi connectivity index (χ0) is 35.9. The molecule has 268 valence electrons. The molecule has 2 unspecified atom stereocenters. The summed E-state index contributed by atoms with van der Waals surface area (Å²) in [5, 5.41) is 13.2. The number of carbonyl (C=O) groups is 2. The summed E-state index contributed by atoms with van der Waals surface area (Å²) in [4.78, 5) is 28.7. The molecule has 2 aromatic rings. The number of nitriles is 1. The smallest absolute Gasteiger partial charge is 0.320 e. The predicted molar refractivity (Wildman–Crippen MR) is 185 cm³/mol. The van der Waals surface area contributed by atoms with E-state index in [0.717, 1.165) is 17.5 Å². The Kier molecular flexibility index (Phi) is 13.3. The van der Waals surface area contributed by atoms with Gasteiger partial charge in [0.25, 0.3) is 0 Å². The second kappa shape index (κ2) is 16.8. The van der Waals surface area contributed by atoms with Crippen LogP contribution in [0.15, 0.2) is 36.4 Å². The van der Waals surface area contributed by atoms with Gasteiger partial charge >= 0.3 is 6.03 Å². The van der Waals surface area contributed by atoms with Gasteiger partial charge in [-0.2, -0.15) is 13.9 Å². The normalized spacial score (nSPS) is 20.8. The lowest BCUT2D eigenvalue weighted by molar-refractivity contribution is -0.119. The van der Waals surface area contributed by atoms with Gasteiger partial charge in [0.1, 0.15) is 11.9 Å². The van der Waals surface area contributed by atoms with E-state index in [1.165, 1.54) is 33.3 Å². The molecule has 3 aliphatic heterocycles. The second-order valence-corrected chi connectivity index (χ2v) is 17.0. The number of benzene rings is 2. The third kappa shape index (κ3) is 10.5. The van der Waals surface area contributed by atoms with Crippen LogP contribution in [0.25, 0.3) is 0 Å². The third-order valence-corrected chi connectivity index (χ3v) is 12.2. The van der Waals surface area contributed by atoms with Crippen molar-refractivity contribution >= 4 is 55.7 Å².